The van der Waals surface area contributed by atoms with Crippen LogP contribution in [0.1, 0.15) is 155 Å². The SMILES string of the molecule is CC/C=C\C/C=C\C/C=C\C/C=C\C/C=C\CCCC(=O)O[C@H](COCCCCCCCCCCCCCCCC)COP(=O)(O)O. The molecule has 0 fully saturated rings. The number of esters is 1. The zero-order valence-electron chi connectivity index (χ0n) is 29.9. The third-order valence-corrected chi connectivity index (χ3v) is 8.07. The average Bonchev–Trinajstić information content (AvgIpc) is 3.04. The maximum absolute atomic E-state index is 12.3. The molecule has 8 heteroatoms. The van der Waals surface area contributed by atoms with Crippen LogP contribution in [0.3, 0.4) is 0 Å². The summed E-state index contributed by atoms with van der Waals surface area (Å²) >= 11 is 0. The lowest BCUT2D eigenvalue weighted by Crippen LogP contribution is -2.28. The molecule has 7 nitrogen and oxygen atoms in total. The normalized spacial score (nSPS) is 13.4. The third kappa shape index (κ3) is 38.6. The lowest BCUT2D eigenvalue weighted by atomic mass is 10.0. The van der Waals surface area contributed by atoms with Crippen LogP contribution in [0.25, 0.3) is 0 Å². The number of ether oxygens (including phenoxy) is 2. The number of carbonyl (C=O) groups excluding carboxylic acids is 1. The minimum atomic E-state index is -4.66. The zero-order valence-corrected chi connectivity index (χ0v) is 30.8. The van der Waals surface area contributed by atoms with Gasteiger partial charge in [0.25, 0.3) is 0 Å². The molecule has 0 aromatic rings. The number of hydrogen-bond donors (Lipinski definition) is 2. The monoisotopic (exact) mass is 680 g/mol. The molecule has 0 unspecified atom stereocenters. The van der Waals surface area contributed by atoms with Crippen LogP contribution < -0.4 is 0 Å². The fourth-order valence-electron chi connectivity index (χ4n) is 4.89. The molecule has 0 spiro atoms. The highest BCUT2D eigenvalue weighted by molar-refractivity contribution is 7.46. The molecule has 272 valence electrons. The van der Waals surface area contributed by atoms with Gasteiger partial charge in [-0.05, 0) is 51.4 Å². The van der Waals surface area contributed by atoms with E-state index in [-0.39, 0.29) is 13.0 Å². The van der Waals surface area contributed by atoms with Crippen LogP contribution in [0, 0.1) is 0 Å². The number of rotatable bonds is 34. The summed E-state index contributed by atoms with van der Waals surface area (Å²) in [6, 6.07) is 0. The standard InChI is InChI=1S/C39H69O7P/c1-3-5-7-9-11-13-15-17-19-20-21-22-24-26-28-30-32-34-39(40)46-38(37-45-47(41,42)43)36-44-35-33-31-29-27-25-23-18-16-14-12-10-8-6-4-2/h5,7,11,13,17,19,21-22,26,28,38H,3-4,6,8-10,12,14-16,18,20,23-25,27,29-37H2,1-2H3,(H2,41,42,43)/b7-5-,13-11-,19-17-,22-21-,28-26-/t38-/m1/s1. The van der Waals surface area contributed by atoms with E-state index in [0.29, 0.717) is 13.0 Å². The van der Waals surface area contributed by atoms with E-state index in [1.807, 2.05) is 0 Å². The van der Waals surface area contributed by atoms with Crippen molar-refractivity contribution in [1.29, 1.82) is 0 Å². The van der Waals surface area contributed by atoms with Gasteiger partial charge in [0.15, 0.2) is 0 Å². The first kappa shape index (κ1) is 45.2. The minimum Gasteiger partial charge on any atom is -0.457 e. The van der Waals surface area contributed by atoms with Crippen molar-refractivity contribution in [3.8, 4) is 0 Å². The molecule has 0 aromatic heterocycles. The lowest BCUT2D eigenvalue weighted by Gasteiger charge is -2.18. The molecule has 0 heterocycles. The smallest absolute Gasteiger partial charge is 0.457 e. The molecule has 0 saturated carbocycles. The van der Waals surface area contributed by atoms with Crippen LogP contribution in [0.4, 0.5) is 0 Å². The highest BCUT2D eigenvalue weighted by Gasteiger charge is 2.21. The molecule has 0 aromatic carbocycles. The second-order valence-electron chi connectivity index (χ2n) is 12.2. The first-order valence-corrected chi connectivity index (χ1v) is 20.1. The molecule has 0 aliphatic carbocycles. The predicted octanol–water partition coefficient (Wildman–Crippen LogP) is 11.4. The van der Waals surface area contributed by atoms with E-state index in [0.717, 1.165) is 51.4 Å². The van der Waals surface area contributed by atoms with Gasteiger partial charge in [-0.2, -0.15) is 0 Å². The van der Waals surface area contributed by atoms with Gasteiger partial charge in [0, 0.05) is 13.0 Å². The zero-order chi connectivity index (χ0) is 34.5. The van der Waals surface area contributed by atoms with Gasteiger partial charge in [0.05, 0.1) is 13.2 Å². The third-order valence-electron chi connectivity index (χ3n) is 7.58. The molecule has 47 heavy (non-hydrogen) atoms. The van der Waals surface area contributed by atoms with Gasteiger partial charge < -0.3 is 19.3 Å². The van der Waals surface area contributed by atoms with Crippen molar-refractivity contribution >= 4 is 13.8 Å². The van der Waals surface area contributed by atoms with E-state index in [1.54, 1.807) is 0 Å². The second-order valence-corrected chi connectivity index (χ2v) is 13.4. The van der Waals surface area contributed by atoms with Gasteiger partial charge in [-0.3, -0.25) is 9.32 Å². The Morgan fingerprint density at radius 3 is 1.51 bits per heavy atom. The Kier molecular flexibility index (Phi) is 34.2. The number of unbranched alkanes of at least 4 members (excludes halogenated alkanes) is 14. The maximum atomic E-state index is 12.3. The Bertz CT molecular complexity index is 888. The van der Waals surface area contributed by atoms with Gasteiger partial charge >= 0.3 is 13.8 Å². The Morgan fingerprint density at radius 1 is 0.596 bits per heavy atom. The quantitative estimate of drug-likeness (QED) is 0.0302. The molecule has 0 saturated heterocycles. The second kappa shape index (κ2) is 35.5. The first-order valence-electron chi connectivity index (χ1n) is 18.6. The Hall–Kier alpha value is -1.76. The fourth-order valence-corrected chi connectivity index (χ4v) is 5.25. The summed E-state index contributed by atoms with van der Waals surface area (Å²) in [5.41, 5.74) is 0. The maximum Gasteiger partial charge on any atom is 0.469 e. The number of phosphoric ester groups is 1. The van der Waals surface area contributed by atoms with Crippen molar-refractivity contribution in [3.05, 3.63) is 60.8 Å². The fraction of sp³-hybridized carbons (Fsp3) is 0.718. The molecule has 0 aliphatic rings. The van der Waals surface area contributed by atoms with E-state index in [1.165, 1.54) is 77.0 Å². The predicted molar refractivity (Wildman–Crippen MR) is 197 cm³/mol. The van der Waals surface area contributed by atoms with Crippen LogP contribution >= 0.6 is 7.82 Å². The van der Waals surface area contributed by atoms with Crippen LogP contribution in [0.5, 0.6) is 0 Å². The summed E-state index contributed by atoms with van der Waals surface area (Å²) in [7, 11) is -4.66. The highest BCUT2D eigenvalue weighted by Crippen LogP contribution is 2.35. The molecule has 0 amide bonds. The van der Waals surface area contributed by atoms with Crippen LogP contribution in [-0.4, -0.2) is 41.7 Å². The van der Waals surface area contributed by atoms with E-state index in [2.05, 4.69) is 79.1 Å². The minimum absolute atomic E-state index is 0.0545. The van der Waals surface area contributed by atoms with Gasteiger partial charge in [-0.25, -0.2) is 4.57 Å². The van der Waals surface area contributed by atoms with Crippen molar-refractivity contribution < 1.29 is 33.1 Å². The molecule has 0 bridgehead atoms. The van der Waals surface area contributed by atoms with Crippen molar-refractivity contribution in [2.24, 2.45) is 0 Å². The molecule has 0 aliphatic heterocycles. The molecule has 1 atom stereocenters. The highest BCUT2D eigenvalue weighted by atomic mass is 31.2. The average molecular weight is 681 g/mol. The van der Waals surface area contributed by atoms with Crippen molar-refractivity contribution in [3.63, 3.8) is 0 Å². The van der Waals surface area contributed by atoms with E-state index in [9.17, 15) is 9.36 Å². The Balaban J connectivity index is 3.96. The largest absolute Gasteiger partial charge is 0.469 e. The molecular weight excluding hydrogens is 611 g/mol. The number of carbonyl (C=O) groups is 1. The van der Waals surface area contributed by atoms with Crippen LogP contribution in [-0.2, 0) is 23.4 Å². The summed E-state index contributed by atoms with van der Waals surface area (Å²) in [5.74, 6) is -0.420. The van der Waals surface area contributed by atoms with Crippen molar-refractivity contribution in [1.82, 2.24) is 0 Å². The molecule has 0 rings (SSSR count). The molecular formula is C39H69O7P. The van der Waals surface area contributed by atoms with Gasteiger partial charge in [0.1, 0.15) is 6.10 Å². The summed E-state index contributed by atoms with van der Waals surface area (Å²) < 4.78 is 26.8. The van der Waals surface area contributed by atoms with Crippen molar-refractivity contribution in [2.45, 2.75) is 161 Å². The Labute approximate surface area is 288 Å². The summed E-state index contributed by atoms with van der Waals surface area (Å²) in [6.07, 6.45) is 45.0. The van der Waals surface area contributed by atoms with Crippen molar-refractivity contribution in [2.75, 3.05) is 19.8 Å². The summed E-state index contributed by atoms with van der Waals surface area (Å²) in [5, 5.41) is 0. The number of hydrogen-bond acceptors (Lipinski definition) is 5. The molecule has 0 radical (unpaired) electrons. The summed E-state index contributed by atoms with van der Waals surface area (Å²) in [6.45, 7) is 4.57. The van der Waals surface area contributed by atoms with E-state index >= 15 is 0 Å². The van der Waals surface area contributed by atoms with Gasteiger partial charge in [0.2, 0.25) is 0 Å². The van der Waals surface area contributed by atoms with Gasteiger partial charge in [-0.15, -0.1) is 0 Å². The van der Waals surface area contributed by atoms with E-state index in [4.69, 9.17) is 19.3 Å². The topological polar surface area (TPSA) is 102 Å². The van der Waals surface area contributed by atoms with Gasteiger partial charge in [-0.1, -0.05) is 158 Å². The Morgan fingerprint density at radius 2 is 1.04 bits per heavy atom. The van der Waals surface area contributed by atoms with E-state index < -0.39 is 26.5 Å². The number of phosphoric acid groups is 1. The first-order chi connectivity index (χ1) is 22.9. The summed E-state index contributed by atoms with van der Waals surface area (Å²) in [4.78, 5) is 30.5. The number of allylic oxidation sites excluding steroid dienone is 10. The van der Waals surface area contributed by atoms with Crippen LogP contribution in [0.2, 0.25) is 0 Å². The lowest BCUT2D eigenvalue weighted by molar-refractivity contribution is -0.154. The van der Waals surface area contributed by atoms with Crippen LogP contribution in [0.15, 0.2) is 60.8 Å². The molecule has 2 N–H and O–H groups in total.